The van der Waals surface area contributed by atoms with E-state index in [1.54, 1.807) is 11.3 Å². The third kappa shape index (κ3) is 2.25. The molecule has 2 rings (SSSR count). The van der Waals surface area contributed by atoms with E-state index in [0.717, 1.165) is 8.66 Å². The number of halogens is 1. The van der Waals surface area contributed by atoms with Crippen molar-refractivity contribution in [2.24, 2.45) is 0 Å². The average molecular weight is 306 g/mol. The van der Waals surface area contributed by atoms with Crippen LogP contribution in [0.5, 0.6) is 0 Å². The van der Waals surface area contributed by atoms with E-state index in [2.05, 4.69) is 21.2 Å². The van der Waals surface area contributed by atoms with E-state index < -0.39 is 0 Å². The van der Waals surface area contributed by atoms with Gasteiger partial charge in [-0.1, -0.05) is 24.0 Å². The Morgan fingerprint density at radius 2 is 2.29 bits per heavy atom. The Bertz CT molecular complexity index is 438. The van der Waals surface area contributed by atoms with Crippen LogP contribution >= 0.6 is 51.2 Å². The maximum atomic E-state index is 11.3. The van der Waals surface area contributed by atoms with Crippen molar-refractivity contribution in [2.75, 3.05) is 0 Å². The minimum absolute atomic E-state index is 0.107. The Balaban J connectivity index is 2.27. The van der Waals surface area contributed by atoms with Crippen molar-refractivity contribution in [1.29, 1.82) is 0 Å². The number of thioether (sulfide) groups is 1. The highest BCUT2D eigenvalue weighted by atomic mass is 79.9. The summed E-state index contributed by atoms with van der Waals surface area (Å²) < 4.78 is 1.58. The molecule has 72 valence electrons. The van der Waals surface area contributed by atoms with E-state index in [1.165, 1.54) is 11.8 Å². The molecule has 6 heteroatoms. The molecule has 1 aliphatic rings. The number of hydrogen-bond donors (Lipinski definition) is 1. The summed E-state index contributed by atoms with van der Waals surface area (Å²) in [5.41, 5.74) is 0. The lowest BCUT2D eigenvalue weighted by Crippen LogP contribution is -2.17. The lowest BCUT2D eigenvalue weighted by Gasteiger charge is -1.88. The van der Waals surface area contributed by atoms with Gasteiger partial charge >= 0.3 is 0 Å². The van der Waals surface area contributed by atoms with Gasteiger partial charge in [-0.25, -0.2) is 0 Å². The lowest BCUT2D eigenvalue weighted by molar-refractivity contribution is -0.115. The highest BCUT2D eigenvalue weighted by Crippen LogP contribution is 2.29. The predicted molar refractivity (Wildman–Crippen MR) is 68.3 cm³/mol. The molecule has 1 aromatic rings. The van der Waals surface area contributed by atoms with Crippen molar-refractivity contribution < 1.29 is 4.79 Å². The van der Waals surface area contributed by atoms with Crippen molar-refractivity contribution in [2.45, 2.75) is 0 Å². The molecule has 1 fully saturated rings. The molecule has 1 saturated heterocycles. The smallest absolute Gasteiger partial charge is 0.263 e. The van der Waals surface area contributed by atoms with Crippen molar-refractivity contribution in [3.05, 3.63) is 25.7 Å². The first kappa shape index (κ1) is 10.4. The number of carbonyl (C=O) groups is 1. The summed E-state index contributed by atoms with van der Waals surface area (Å²) >= 11 is 11.1. The fraction of sp³-hybridized carbons (Fsp3) is 0. The van der Waals surface area contributed by atoms with Crippen molar-refractivity contribution in [1.82, 2.24) is 5.32 Å². The van der Waals surface area contributed by atoms with Crippen molar-refractivity contribution in [3.8, 4) is 0 Å². The van der Waals surface area contributed by atoms with Crippen LogP contribution in [0.3, 0.4) is 0 Å². The van der Waals surface area contributed by atoms with Gasteiger partial charge in [-0.05, 0) is 34.1 Å². The molecule has 1 aliphatic heterocycles. The SMILES string of the molecule is O=C1NC(=S)S/C1=C/c1ccc(Br)s1. The number of thiophene rings is 1. The fourth-order valence-corrected chi connectivity index (χ4v) is 3.43. The van der Waals surface area contributed by atoms with Crippen LogP contribution in [-0.2, 0) is 4.79 Å². The molecule has 2 nitrogen and oxygen atoms in total. The van der Waals surface area contributed by atoms with Gasteiger partial charge in [0.2, 0.25) is 0 Å². The quantitative estimate of drug-likeness (QED) is 0.639. The third-order valence-corrected chi connectivity index (χ3v) is 4.24. The van der Waals surface area contributed by atoms with Crippen LogP contribution in [0.2, 0.25) is 0 Å². The van der Waals surface area contributed by atoms with Gasteiger partial charge in [-0.15, -0.1) is 11.3 Å². The first-order valence-corrected chi connectivity index (χ1v) is 6.49. The summed E-state index contributed by atoms with van der Waals surface area (Å²) in [5, 5.41) is 2.57. The normalized spacial score (nSPS) is 19.1. The average Bonchev–Trinajstić information content (AvgIpc) is 2.61. The van der Waals surface area contributed by atoms with Gasteiger partial charge in [-0.2, -0.15) is 0 Å². The van der Waals surface area contributed by atoms with Crippen LogP contribution in [0.25, 0.3) is 6.08 Å². The van der Waals surface area contributed by atoms with Gasteiger partial charge in [0.25, 0.3) is 5.91 Å². The number of carbonyl (C=O) groups excluding carboxylic acids is 1. The zero-order valence-electron chi connectivity index (χ0n) is 6.74. The van der Waals surface area contributed by atoms with E-state index in [-0.39, 0.29) is 5.91 Å². The summed E-state index contributed by atoms with van der Waals surface area (Å²) in [6.07, 6.45) is 1.84. The second-order valence-corrected chi connectivity index (χ2v) is 6.71. The van der Waals surface area contributed by atoms with Crippen LogP contribution in [0.4, 0.5) is 0 Å². The molecular weight excluding hydrogens is 302 g/mol. The highest BCUT2D eigenvalue weighted by Gasteiger charge is 2.21. The minimum atomic E-state index is -0.107. The third-order valence-electron chi connectivity index (χ3n) is 1.51. The van der Waals surface area contributed by atoms with Crippen LogP contribution in [-0.4, -0.2) is 10.2 Å². The van der Waals surface area contributed by atoms with E-state index in [4.69, 9.17) is 12.2 Å². The zero-order valence-corrected chi connectivity index (χ0v) is 10.8. The Kier molecular flexibility index (Phi) is 3.06. The molecule has 0 saturated carbocycles. The predicted octanol–water partition coefficient (Wildman–Crippen LogP) is 3.00. The summed E-state index contributed by atoms with van der Waals surface area (Å²) in [7, 11) is 0. The molecule has 1 N–H and O–H groups in total. The molecule has 0 aromatic carbocycles. The van der Waals surface area contributed by atoms with E-state index in [1.807, 2.05) is 18.2 Å². The Morgan fingerprint density at radius 3 is 2.79 bits per heavy atom. The van der Waals surface area contributed by atoms with Gasteiger partial charge in [0.15, 0.2) is 0 Å². The fourth-order valence-electron chi connectivity index (χ4n) is 0.956. The molecule has 0 spiro atoms. The van der Waals surface area contributed by atoms with Crippen molar-refractivity contribution >= 4 is 67.6 Å². The number of rotatable bonds is 1. The topological polar surface area (TPSA) is 29.1 Å². The molecule has 0 radical (unpaired) electrons. The molecule has 1 amide bonds. The van der Waals surface area contributed by atoms with Crippen LogP contribution in [0, 0.1) is 0 Å². The highest BCUT2D eigenvalue weighted by molar-refractivity contribution is 9.11. The maximum Gasteiger partial charge on any atom is 0.263 e. The van der Waals surface area contributed by atoms with Crippen molar-refractivity contribution in [3.63, 3.8) is 0 Å². The van der Waals surface area contributed by atoms with Crippen LogP contribution in [0.15, 0.2) is 20.8 Å². The Labute approximate surface area is 103 Å². The minimum Gasteiger partial charge on any atom is -0.307 e. The molecule has 0 unspecified atom stereocenters. The van der Waals surface area contributed by atoms with Crippen LogP contribution < -0.4 is 5.32 Å². The van der Waals surface area contributed by atoms with Crippen LogP contribution in [0.1, 0.15) is 4.88 Å². The molecule has 0 bridgehead atoms. The standard InChI is InChI=1S/C8H4BrNOS3/c9-6-2-1-4(13-6)3-5-7(11)10-8(12)14-5/h1-3H,(H,10,11,12)/b5-3+. The Hall–Kier alpha value is -0.170. The first-order chi connectivity index (χ1) is 6.65. The van der Waals surface area contributed by atoms with Gasteiger partial charge in [0.05, 0.1) is 8.69 Å². The maximum absolute atomic E-state index is 11.3. The summed E-state index contributed by atoms with van der Waals surface area (Å²) in [6.45, 7) is 0. The number of nitrogens with one attached hydrogen (secondary N) is 1. The second kappa shape index (κ2) is 4.14. The van der Waals surface area contributed by atoms with E-state index in [0.29, 0.717) is 9.23 Å². The zero-order chi connectivity index (χ0) is 10.1. The Morgan fingerprint density at radius 1 is 1.50 bits per heavy atom. The molecular formula is C8H4BrNOS3. The lowest BCUT2D eigenvalue weighted by atomic mass is 10.4. The number of thiocarbonyl (C=S) groups is 1. The summed E-state index contributed by atoms with van der Waals surface area (Å²) in [5.74, 6) is -0.107. The second-order valence-electron chi connectivity index (χ2n) is 2.49. The summed E-state index contributed by atoms with van der Waals surface area (Å²) in [6, 6.07) is 3.91. The molecule has 1 aromatic heterocycles. The molecule has 2 heterocycles. The van der Waals surface area contributed by atoms with Gasteiger partial charge in [0.1, 0.15) is 4.32 Å². The van der Waals surface area contributed by atoms with Gasteiger partial charge in [-0.3, -0.25) is 4.79 Å². The van der Waals surface area contributed by atoms with E-state index >= 15 is 0 Å². The molecule has 14 heavy (non-hydrogen) atoms. The molecule has 0 atom stereocenters. The van der Waals surface area contributed by atoms with Gasteiger partial charge in [0, 0.05) is 4.88 Å². The summed E-state index contributed by atoms with van der Waals surface area (Å²) in [4.78, 5) is 13.0. The molecule has 0 aliphatic carbocycles. The monoisotopic (exact) mass is 305 g/mol. The number of hydrogen-bond acceptors (Lipinski definition) is 4. The number of amides is 1. The first-order valence-electron chi connectivity index (χ1n) is 3.65. The van der Waals surface area contributed by atoms with Gasteiger partial charge < -0.3 is 5.32 Å². The van der Waals surface area contributed by atoms with E-state index in [9.17, 15) is 4.79 Å². The largest absolute Gasteiger partial charge is 0.307 e.